The first-order valence-corrected chi connectivity index (χ1v) is 23.5. The van der Waals surface area contributed by atoms with Crippen LogP contribution in [0.4, 0.5) is 0 Å². The van der Waals surface area contributed by atoms with E-state index in [2.05, 4.69) is 43.8 Å². The van der Waals surface area contributed by atoms with Crippen molar-refractivity contribution >= 4 is 58.2 Å². The predicted molar refractivity (Wildman–Crippen MR) is 227 cm³/mol. The molecule has 1 aromatic heterocycles. The Morgan fingerprint density at radius 2 is 1.39 bits per heavy atom. The molecule has 0 aliphatic heterocycles. The highest BCUT2D eigenvalue weighted by Gasteiger charge is 2.29. The Hall–Kier alpha value is -2.57. The number of H-pyrrole nitrogens is 1. The molecule has 4 atom stereocenters. The summed E-state index contributed by atoms with van der Waals surface area (Å²) in [5.41, 5.74) is 1.70. The second-order valence-electron chi connectivity index (χ2n) is 15.0. The minimum Gasteiger partial charge on any atom is -0.361 e. The van der Waals surface area contributed by atoms with Crippen molar-refractivity contribution in [3.63, 3.8) is 0 Å². The summed E-state index contributed by atoms with van der Waals surface area (Å²) in [6.07, 6.45) is 21.0. The van der Waals surface area contributed by atoms with Crippen molar-refractivity contribution in [1.29, 1.82) is 0 Å². The fourth-order valence-corrected chi connectivity index (χ4v) is 7.65. The molecule has 0 aliphatic rings. The van der Waals surface area contributed by atoms with Crippen molar-refractivity contribution in [2.45, 2.75) is 168 Å². The molecule has 0 saturated carbocycles. The van der Waals surface area contributed by atoms with Crippen LogP contribution in [0.25, 0.3) is 10.9 Å². The minimum absolute atomic E-state index is 0.0762. The van der Waals surface area contributed by atoms with E-state index in [1.165, 1.54) is 57.8 Å². The molecule has 5 N–H and O–H groups in total. The summed E-state index contributed by atoms with van der Waals surface area (Å²) >= 11 is 3.46. The summed E-state index contributed by atoms with van der Waals surface area (Å²) in [5.74, 6) is -1.50. The van der Waals surface area contributed by atoms with Gasteiger partial charge < -0.3 is 25.8 Å². The maximum atomic E-state index is 13.1. The summed E-state index contributed by atoms with van der Waals surface area (Å²) < 4.78 is 23.9. The summed E-state index contributed by atoms with van der Waals surface area (Å²) in [5, 5.41) is 9.14. The summed E-state index contributed by atoms with van der Waals surface area (Å²) in [6, 6.07) is 3.85. The number of fused-ring (bicyclic) bond motifs is 1. The van der Waals surface area contributed by atoms with E-state index in [-0.39, 0.29) is 55.9 Å². The Labute approximate surface area is 343 Å². The number of hydrogen-bond acceptors (Lipinski definition) is 7. The molecule has 0 bridgehead atoms. The number of hydrogen-bond donors (Lipinski definition) is 5. The van der Waals surface area contributed by atoms with Crippen LogP contribution in [0.15, 0.2) is 28.9 Å². The second kappa shape index (κ2) is 28.8. The van der Waals surface area contributed by atoms with Gasteiger partial charge in [-0.2, -0.15) is 0 Å². The average molecular weight is 870 g/mol. The van der Waals surface area contributed by atoms with Gasteiger partial charge in [-0.3, -0.25) is 28.2 Å². The van der Waals surface area contributed by atoms with Crippen molar-refractivity contribution in [1.82, 2.24) is 20.9 Å². The lowest BCUT2D eigenvalue weighted by atomic mass is 9.98. The monoisotopic (exact) mass is 868 g/mol. The third kappa shape index (κ3) is 20.7. The third-order valence-corrected chi connectivity index (χ3v) is 11.7. The van der Waals surface area contributed by atoms with Crippen molar-refractivity contribution in [2.24, 2.45) is 5.92 Å². The molecule has 1 unspecified atom stereocenters. The quantitative estimate of drug-likeness (QED) is 0.0348. The number of aromatic amines is 1. The Kier molecular flexibility index (Phi) is 25.5. The number of halogens is 1. The van der Waals surface area contributed by atoms with Crippen LogP contribution >= 0.6 is 23.8 Å². The van der Waals surface area contributed by atoms with Crippen LogP contribution in [0.2, 0.25) is 0 Å². The van der Waals surface area contributed by atoms with Crippen LogP contribution < -0.4 is 16.0 Å². The first-order valence-electron chi connectivity index (χ1n) is 21.2. The van der Waals surface area contributed by atoms with Gasteiger partial charge in [-0.25, -0.2) is 4.57 Å². The molecular formula is C42H70BrN4O8P. The number of carbonyl (C=O) groups excluding carboxylic acids is 4. The van der Waals surface area contributed by atoms with Gasteiger partial charge in [0.15, 0.2) is 5.78 Å². The lowest BCUT2D eigenvalue weighted by molar-refractivity contribution is -0.130. The largest absolute Gasteiger partial charge is 0.472 e. The summed E-state index contributed by atoms with van der Waals surface area (Å²) in [4.78, 5) is 65.5. The molecule has 0 aliphatic carbocycles. The highest BCUT2D eigenvalue weighted by atomic mass is 79.9. The van der Waals surface area contributed by atoms with Crippen molar-refractivity contribution in [3.05, 3.63) is 34.4 Å². The number of nitrogens with one attached hydrogen (secondary N) is 4. The second-order valence-corrected chi connectivity index (χ2v) is 17.4. The van der Waals surface area contributed by atoms with Gasteiger partial charge >= 0.3 is 7.82 Å². The lowest BCUT2D eigenvalue weighted by Gasteiger charge is -2.24. The zero-order chi connectivity index (χ0) is 41.2. The molecule has 12 nitrogen and oxygen atoms in total. The van der Waals surface area contributed by atoms with Crippen LogP contribution in [-0.4, -0.2) is 65.2 Å². The molecule has 2 aromatic rings. The van der Waals surface area contributed by atoms with Gasteiger partial charge in [0.1, 0.15) is 12.1 Å². The van der Waals surface area contributed by atoms with Crippen LogP contribution in [0.3, 0.4) is 0 Å². The molecule has 14 heteroatoms. The maximum absolute atomic E-state index is 13.1. The number of rotatable bonds is 33. The number of aromatic nitrogens is 1. The van der Waals surface area contributed by atoms with E-state index in [0.717, 1.165) is 53.0 Å². The maximum Gasteiger partial charge on any atom is 0.472 e. The van der Waals surface area contributed by atoms with Gasteiger partial charge in [0, 0.05) is 41.0 Å². The molecule has 318 valence electrons. The molecule has 1 aromatic carbocycles. The number of Topliss-reactive ketones (excluding diaryl/α,β-unsaturated/α-hetero) is 1. The molecule has 1 heterocycles. The van der Waals surface area contributed by atoms with Crippen LogP contribution in [0.5, 0.6) is 0 Å². The number of amides is 3. The van der Waals surface area contributed by atoms with Crippen LogP contribution in [-0.2, 0) is 39.2 Å². The number of phosphoric acid groups is 1. The average Bonchev–Trinajstić information content (AvgIpc) is 3.56. The number of carbonyl (C=O) groups is 4. The van der Waals surface area contributed by atoms with E-state index < -0.39 is 32.4 Å². The highest BCUT2D eigenvalue weighted by Crippen LogP contribution is 2.43. The van der Waals surface area contributed by atoms with E-state index in [1.807, 2.05) is 39.0 Å². The predicted octanol–water partition coefficient (Wildman–Crippen LogP) is 9.37. The Morgan fingerprint density at radius 1 is 0.804 bits per heavy atom. The smallest absolute Gasteiger partial charge is 0.361 e. The topological polar surface area (TPSA) is 176 Å². The Balaban J connectivity index is 1.77. The van der Waals surface area contributed by atoms with Gasteiger partial charge in [-0.1, -0.05) is 140 Å². The van der Waals surface area contributed by atoms with E-state index in [0.29, 0.717) is 19.3 Å². The SMILES string of the molecule is CCCCCCCCCCCCCCCC(=O)N[C@@H](COP(=O)(O)OCCNC(=O)[C@@H](NC(=O)Cc1c[nH]c2ccc(Br)cc12)[C@@H](C)CC)C(=O)CCCCC. The molecular weight excluding hydrogens is 799 g/mol. The van der Waals surface area contributed by atoms with Crippen LogP contribution in [0, 0.1) is 5.92 Å². The van der Waals surface area contributed by atoms with E-state index >= 15 is 0 Å². The molecule has 0 fully saturated rings. The van der Waals surface area contributed by atoms with Crippen molar-refractivity contribution < 1.29 is 37.7 Å². The zero-order valence-corrected chi connectivity index (χ0v) is 36.9. The lowest BCUT2D eigenvalue weighted by Crippen LogP contribution is -2.51. The molecule has 2 rings (SSSR count). The molecule has 0 spiro atoms. The minimum atomic E-state index is -4.63. The number of ketones is 1. The van der Waals surface area contributed by atoms with Gasteiger partial charge in [0.25, 0.3) is 0 Å². The van der Waals surface area contributed by atoms with Gasteiger partial charge in [-0.05, 0) is 42.5 Å². The van der Waals surface area contributed by atoms with E-state index in [9.17, 15) is 28.6 Å². The first-order chi connectivity index (χ1) is 26.9. The molecule has 0 saturated heterocycles. The normalized spacial score (nSPS) is 14.2. The Bertz CT molecular complexity index is 1500. The Morgan fingerprint density at radius 3 is 2.02 bits per heavy atom. The van der Waals surface area contributed by atoms with Crippen LogP contribution in [0.1, 0.15) is 155 Å². The fourth-order valence-electron chi connectivity index (χ4n) is 6.56. The standard InChI is InChI=1S/C42H70BrN4O8P/c1-5-8-10-11-12-13-14-15-16-17-18-19-21-23-39(49)46-37(38(48)22-20-9-6-2)31-55-56(52,53)54-27-26-44-42(51)41(32(4)7-3)47-40(50)28-33-30-45-36-25-24-34(43)29-35(33)36/h24-25,29-30,32,37,41,45H,5-23,26-28,31H2,1-4H3,(H,44,51)(H,46,49)(H,47,50)(H,52,53)/t32-,37-,41-/m0/s1. The number of unbranched alkanes of at least 4 members (excludes halogenated alkanes) is 14. The highest BCUT2D eigenvalue weighted by molar-refractivity contribution is 9.10. The summed E-state index contributed by atoms with van der Waals surface area (Å²) in [6.45, 7) is 7.05. The van der Waals surface area contributed by atoms with Gasteiger partial charge in [0.2, 0.25) is 17.7 Å². The third-order valence-electron chi connectivity index (χ3n) is 10.2. The number of phosphoric ester groups is 1. The van der Waals surface area contributed by atoms with Gasteiger partial charge in [0.05, 0.1) is 19.6 Å². The molecule has 0 radical (unpaired) electrons. The van der Waals surface area contributed by atoms with Crippen molar-refractivity contribution in [3.8, 4) is 0 Å². The fraction of sp³-hybridized carbons (Fsp3) is 0.714. The molecule has 56 heavy (non-hydrogen) atoms. The first kappa shape index (κ1) is 49.6. The number of benzene rings is 1. The van der Waals surface area contributed by atoms with E-state index in [4.69, 9.17) is 9.05 Å². The zero-order valence-electron chi connectivity index (χ0n) is 34.4. The summed E-state index contributed by atoms with van der Waals surface area (Å²) in [7, 11) is -4.63. The van der Waals surface area contributed by atoms with Gasteiger partial charge in [-0.15, -0.1) is 0 Å². The molecule has 3 amide bonds. The van der Waals surface area contributed by atoms with E-state index in [1.54, 1.807) is 6.20 Å². The van der Waals surface area contributed by atoms with Crippen molar-refractivity contribution in [2.75, 3.05) is 19.8 Å².